The van der Waals surface area contributed by atoms with E-state index in [1.54, 1.807) is 7.11 Å². The van der Waals surface area contributed by atoms with Crippen molar-refractivity contribution in [1.29, 1.82) is 0 Å². The molecule has 5 rings (SSSR count). The topological polar surface area (TPSA) is 85.4 Å². The Hall–Kier alpha value is -4.28. The Bertz CT molecular complexity index is 1460. The van der Waals surface area contributed by atoms with Gasteiger partial charge in [0.15, 0.2) is 0 Å². The number of nitrogens with zero attached hydrogens (tertiary/aromatic N) is 5. The molecule has 0 saturated carbocycles. The van der Waals surface area contributed by atoms with Gasteiger partial charge >= 0.3 is 0 Å². The quantitative estimate of drug-likeness (QED) is 0.300. The highest BCUT2D eigenvalue weighted by Crippen LogP contribution is 2.37. The van der Waals surface area contributed by atoms with Gasteiger partial charge in [-0.2, -0.15) is 4.98 Å². The Morgan fingerprint density at radius 2 is 1.73 bits per heavy atom. The number of aryl methyl sites for hydroxylation is 1. The lowest BCUT2D eigenvalue weighted by molar-refractivity contribution is -0.111. The normalized spacial score (nSPS) is 16.1. The van der Waals surface area contributed by atoms with Crippen molar-refractivity contribution in [3.63, 3.8) is 0 Å². The van der Waals surface area contributed by atoms with Gasteiger partial charge in [-0.1, -0.05) is 12.6 Å². The number of likely N-dealkylation sites (N-methyl/N-ethyl adjacent to an activating group) is 1. The van der Waals surface area contributed by atoms with Crippen molar-refractivity contribution in [2.24, 2.45) is 0 Å². The highest BCUT2D eigenvalue weighted by Gasteiger charge is 2.24. The molecular formula is C34H45N7O3. The molecule has 2 aromatic carbocycles. The van der Waals surface area contributed by atoms with Crippen LogP contribution in [0.15, 0.2) is 61.2 Å². The molecule has 0 unspecified atom stereocenters. The lowest BCUT2D eigenvalue weighted by Gasteiger charge is -2.36. The van der Waals surface area contributed by atoms with Gasteiger partial charge in [-0.05, 0) is 82.9 Å². The summed E-state index contributed by atoms with van der Waals surface area (Å²) >= 11 is 0. The number of rotatable bonds is 10. The first-order valence-electron chi connectivity index (χ1n) is 15.3. The van der Waals surface area contributed by atoms with Crippen molar-refractivity contribution in [3.05, 3.63) is 66.7 Å². The SMILES string of the molecule is C=CC(=O)Nc1cc(Oc2nc(Nc3ccc(N4CCN(C)CC4)cc3OC)ccc2N2CCC(N(C)C)CC2)ccc1C. The molecule has 2 aliphatic rings. The first kappa shape index (κ1) is 31.2. The molecule has 0 spiro atoms. The number of ether oxygens (including phenoxy) is 2. The fourth-order valence-corrected chi connectivity index (χ4v) is 5.72. The highest BCUT2D eigenvalue weighted by atomic mass is 16.5. The van der Waals surface area contributed by atoms with Crippen molar-refractivity contribution >= 4 is 34.5 Å². The molecule has 44 heavy (non-hydrogen) atoms. The van der Waals surface area contributed by atoms with E-state index in [9.17, 15) is 4.79 Å². The molecule has 2 fully saturated rings. The largest absolute Gasteiger partial charge is 0.494 e. The second-order valence-corrected chi connectivity index (χ2v) is 11.8. The molecule has 10 nitrogen and oxygen atoms in total. The van der Waals surface area contributed by atoms with Crippen LogP contribution >= 0.6 is 0 Å². The van der Waals surface area contributed by atoms with Crippen LogP contribution in [0, 0.1) is 6.92 Å². The summed E-state index contributed by atoms with van der Waals surface area (Å²) in [7, 11) is 8.13. The summed E-state index contributed by atoms with van der Waals surface area (Å²) in [6.45, 7) is 11.4. The van der Waals surface area contributed by atoms with E-state index < -0.39 is 0 Å². The maximum Gasteiger partial charge on any atom is 0.247 e. The van der Waals surface area contributed by atoms with E-state index in [-0.39, 0.29) is 5.91 Å². The highest BCUT2D eigenvalue weighted by molar-refractivity contribution is 5.99. The van der Waals surface area contributed by atoms with Crippen LogP contribution < -0.4 is 29.9 Å². The molecule has 3 aromatic rings. The lowest BCUT2D eigenvalue weighted by Crippen LogP contribution is -2.44. The number of pyridine rings is 1. The van der Waals surface area contributed by atoms with Gasteiger partial charge in [0.2, 0.25) is 11.8 Å². The number of hydrogen-bond donors (Lipinski definition) is 2. The number of nitrogens with one attached hydrogen (secondary N) is 2. The Morgan fingerprint density at radius 3 is 2.41 bits per heavy atom. The molecule has 2 aliphatic heterocycles. The monoisotopic (exact) mass is 599 g/mol. The van der Waals surface area contributed by atoms with Crippen molar-refractivity contribution in [1.82, 2.24) is 14.8 Å². The van der Waals surface area contributed by atoms with Crippen LogP contribution in [0.5, 0.6) is 17.4 Å². The Labute approximate surface area is 261 Å². The molecule has 2 N–H and O–H groups in total. The van der Waals surface area contributed by atoms with Gasteiger partial charge in [-0.15, -0.1) is 0 Å². The second kappa shape index (κ2) is 14.0. The molecular weight excluding hydrogens is 554 g/mol. The molecule has 10 heteroatoms. The number of anilines is 5. The van der Waals surface area contributed by atoms with Gasteiger partial charge in [0.25, 0.3) is 0 Å². The molecule has 2 saturated heterocycles. The van der Waals surface area contributed by atoms with E-state index in [0.717, 1.165) is 80.5 Å². The van der Waals surface area contributed by atoms with Crippen LogP contribution in [-0.4, -0.2) is 94.3 Å². The van der Waals surface area contributed by atoms with Crippen molar-refractivity contribution in [3.8, 4) is 17.4 Å². The van der Waals surface area contributed by atoms with Gasteiger partial charge in [0.05, 0.1) is 12.8 Å². The van der Waals surface area contributed by atoms with Crippen LogP contribution in [0.2, 0.25) is 0 Å². The van der Waals surface area contributed by atoms with Crippen LogP contribution in [0.1, 0.15) is 18.4 Å². The first-order valence-corrected chi connectivity index (χ1v) is 15.3. The minimum atomic E-state index is -0.272. The van der Waals surface area contributed by atoms with Crippen LogP contribution in [0.3, 0.4) is 0 Å². The molecule has 0 bridgehead atoms. The fourth-order valence-electron chi connectivity index (χ4n) is 5.72. The first-order chi connectivity index (χ1) is 21.2. The Morgan fingerprint density at radius 1 is 0.977 bits per heavy atom. The number of carbonyl (C=O) groups is 1. The van der Waals surface area contributed by atoms with Gasteiger partial charge in [0.1, 0.15) is 23.0 Å². The summed E-state index contributed by atoms with van der Waals surface area (Å²) in [6.07, 6.45) is 3.38. The number of amides is 1. The van der Waals surface area contributed by atoms with Crippen molar-refractivity contribution < 1.29 is 14.3 Å². The molecule has 1 aromatic heterocycles. The predicted octanol–water partition coefficient (Wildman–Crippen LogP) is 5.34. The van der Waals surface area contributed by atoms with Gasteiger partial charge in [0, 0.05) is 68.8 Å². The average Bonchev–Trinajstić information content (AvgIpc) is 3.03. The number of hydrogen-bond acceptors (Lipinski definition) is 9. The summed E-state index contributed by atoms with van der Waals surface area (Å²) < 4.78 is 12.3. The second-order valence-electron chi connectivity index (χ2n) is 11.8. The fraction of sp³-hybridized carbons (Fsp3) is 0.412. The maximum absolute atomic E-state index is 12.0. The number of aromatic nitrogens is 1. The molecule has 0 atom stereocenters. The summed E-state index contributed by atoms with van der Waals surface area (Å²) in [5, 5.41) is 6.32. The summed E-state index contributed by atoms with van der Waals surface area (Å²) in [5.74, 6) is 2.20. The van der Waals surface area contributed by atoms with Crippen LogP contribution in [-0.2, 0) is 4.79 Å². The van der Waals surface area contributed by atoms with Crippen LogP contribution in [0.25, 0.3) is 0 Å². The average molecular weight is 600 g/mol. The van der Waals surface area contributed by atoms with Gasteiger partial charge in [-0.25, -0.2) is 0 Å². The summed E-state index contributed by atoms with van der Waals surface area (Å²) in [6, 6.07) is 16.5. The molecule has 0 radical (unpaired) electrons. The lowest BCUT2D eigenvalue weighted by atomic mass is 10.0. The Balaban J connectivity index is 1.42. The molecule has 234 valence electrons. The van der Waals surface area contributed by atoms with E-state index in [4.69, 9.17) is 14.5 Å². The van der Waals surface area contributed by atoms with E-state index in [1.807, 2.05) is 37.3 Å². The minimum absolute atomic E-state index is 0.272. The zero-order valence-electron chi connectivity index (χ0n) is 26.6. The van der Waals surface area contributed by atoms with Gasteiger partial charge < -0.3 is 39.7 Å². The van der Waals surface area contributed by atoms with E-state index in [2.05, 4.69) is 76.2 Å². The zero-order valence-corrected chi connectivity index (χ0v) is 26.6. The van der Waals surface area contributed by atoms with Gasteiger partial charge in [-0.3, -0.25) is 4.79 Å². The van der Waals surface area contributed by atoms with E-state index in [1.165, 1.54) is 6.08 Å². The minimum Gasteiger partial charge on any atom is -0.494 e. The number of piperazine rings is 1. The number of methoxy groups -OCH3 is 1. The predicted molar refractivity (Wildman–Crippen MR) is 179 cm³/mol. The molecule has 1 amide bonds. The van der Waals surface area contributed by atoms with Crippen LogP contribution in [0.4, 0.5) is 28.6 Å². The zero-order chi connectivity index (χ0) is 31.2. The molecule has 3 heterocycles. The number of carbonyl (C=O) groups excluding carboxylic acids is 1. The van der Waals surface area contributed by atoms with E-state index >= 15 is 0 Å². The molecule has 0 aliphatic carbocycles. The van der Waals surface area contributed by atoms with E-state index in [0.29, 0.717) is 29.2 Å². The van der Waals surface area contributed by atoms with Crippen molar-refractivity contribution in [2.75, 3.05) is 88.0 Å². The maximum atomic E-state index is 12.0. The smallest absolute Gasteiger partial charge is 0.247 e. The third-order valence-electron chi connectivity index (χ3n) is 8.56. The standard InChI is InChI=1S/C34H45N7O3/c1-7-33(42)36-29-23-27(10-8-24(29)2)44-34-30(41-16-14-25(15-17-41)38(3)4)12-13-32(37-34)35-28-11-9-26(22-31(28)43-6)40-20-18-39(5)19-21-40/h7-13,22-23,25H,1,14-21H2,2-6H3,(H,35,37)(H,36,42). The Kier molecular flexibility index (Phi) is 9.92. The summed E-state index contributed by atoms with van der Waals surface area (Å²) in [5.41, 5.74) is 4.50. The third-order valence-corrected chi connectivity index (χ3v) is 8.56. The summed E-state index contributed by atoms with van der Waals surface area (Å²) in [4.78, 5) is 26.3. The third kappa shape index (κ3) is 7.43. The van der Waals surface area contributed by atoms with Crippen molar-refractivity contribution in [2.45, 2.75) is 25.8 Å². The number of piperidine rings is 1. The number of benzene rings is 2.